The molecule has 16 heavy (non-hydrogen) atoms. The predicted molar refractivity (Wildman–Crippen MR) is 66.7 cm³/mol. The Balaban J connectivity index is 2.18. The normalized spacial score (nSPS) is 30.4. The van der Waals surface area contributed by atoms with Crippen LogP contribution in [-0.2, 0) is 4.74 Å². The summed E-state index contributed by atoms with van der Waals surface area (Å²) >= 11 is 0. The van der Waals surface area contributed by atoms with Crippen molar-refractivity contribution in [2.45, 2.75) is 45.9 Å². The van der Waals surface area contributed by atoms with Crippen molar-refractivity contribution < 1.29 is 4.74 Å². The van der Waals surface area contributed by atoms with Crippen LogP contribution < -0.4 is 5.32 Å². The van der Waals surface area contributed by atoms with Gasteiger partial charge in [-0.1, -0.05) is 29.3 Å². The van der Waals surface area contributed by atoms with E-state index in [1.165, 1.54) is 16.7 Å². The van der Waals surface area contributed by atoms with Gasteiger partial charge >= 0.3 is 0 Å². The third-order valence-electron chi connectivity index (χ3n) is 3.32. The van der Waals surface area contributed by atoms with Crippen LogP contribution >= 0.6 is 0 Å². The van der Waals surface area contributed by atoms with E-state index in [1.54, 1.807) is 0 Å². The highest BCUT2D eigenvalue weighted by atomic mass is 16.5. The molecule has 1 aliphatic heterocycles. The quantitative estimate of drug-likeness (QED) is 0.784. The highest BCUT2D eigenvalue weighted by Gasteiger charge is 2.25. The zero-order valence-electron chi connectivity index (χ0n) is 10.6. The Kier molecular flexibility index (Phi) is 3.31. The number of morpholine rings is 1. The molecular formula is C14H21NO. The Morgan fingerprint density at radius 1 is 1.12 bits per heavy atom. The van der Waals surface area contributed by atoms with E-state index in [9.17, 15) is 0 Å². The number of aryl methyl sites for hydroxylation is 2. The maximum Gasteiger partial charge on any atom is 0.0953 e. The van der Waals surface area contributed by atoms with Gasteiger partial charge in [-0.15, -0.1) is 0 Å². The maximum absolute atomic E-state index is 6.03. The molecule has 0 aliphatic carbocycles. The van der Waals surface area contributed by atoms with Gasteiger partial charge in [-0.2, -0.15) is 0 Å². The molecule has 1 heterocycles. The average molecular weight is 219 g/mol. The molecule has 1 N–H and O–H groups in total. The second-order valence-electron chi connectivity index (χ2n) is 4.95. The van der Waals surface area contributed by atoms with Gasteiger partial charge in [0.05, 0.1) is 12.2 Å². The first-order valence-corrected chi connectivity index (χ1v) is 6.03. The van der Waals surface area contributed by atoms with Gasteiger partial charge < -0.3 is 10.1 Å². The Hall–Kier alpha value is -0.860. The second kappa shape index (κ2) is 4.56. The fraction of sp³-hybridized carbons (Fsp3) is 0.571. The van der Waals surface area contributed by atoms with Gasteiger partial charge in [-0.3, -0.25) is 0 Å². The van der Waals surface area contributed by atoms with Crippen LogP contribution in [0.25, 0.3) is 0 Å². The topological polar surface area (TPSA) is 21.3 Å². The van der Waals surface area contributed by atoms with Crippen molar-refractivity contribution in [2.24, 2.45) is 0 Å². The van der Waals surface area contributed by atoms with Crippen molar-refractivity contribution in [2.75, 3.05) is 6.54 Å². The monoisotopic (exact) mass is 219 g/mol. The van der Waals surface area contributed by atoms with Crippen LogP contribution in [-0.4, -0.2) is 18.7 Å². The molecule has 0 amide bonds. The Bertz CT molecular complexity index is 355. The van der Waals surface area contributed by atoms with Crippen molar-refractivity contribution in [3.63, 3.8) is 0 Å². The van der Waals surface area contributed by atoms with Gasteiger partial charge in [0, 0.05) is 12.6 Å². The molecule has 1 saturated heterocycles. The molecule has 0 saturated carbocycles. The van der Waals surface area contributed by atoms with E-state index in [0.717, 1.165) is 6.54 Å². The SMILES string of the molecule is Cc1cc(C)cc(C2CNC(C)C(C)O2)c1. The molecule has 0 spiro atoms. The summed E-state index contributed by atoms with van der Waals surface area (Å²) in [5, 5.41) is 3.49. The Morgan fingerprint density at radius 2 is 1.75 bits per heavy atom. The Labute approximate surface area is 98.0 Å². The number of hydrogen-bond donors (Lipinski definition) is 1. The number of ether oxygens (including phenoxy) is 1. The van der Waals surface area contributed by atoms with Crippen LogP contribution in [0, 0.1) is 13.8 Å². The van der Waals surface area contributed by atoms with E-state index in [1.807, 2.05) is 0 Å². The fourth-order valence-electron chi connectivity index (χ4n) is 2.28. The molecule has 1 fully saturated rings. The molecule has 0 aromatic heterocycles. The van der Waals surface area contributed by atoms with Crippen LogP contribution in [0.15, 0.2) is 18.2 Å². The lowest BCUT2D eigenvalue weighted by molar-refractivity contribution is -0.0509. The van der Waals surface area contributed by atoms with Gasteiger partial charge in [-0.05, 0) is 33.3 Å². The number of rotatable bonds is 1. The molecule has 0 bridgehead atoms. The zero-order valence-corrected chi connectivity index (χ0v) is 10.6. The molecule has 1 aliphatic rings. The van der Waals surface area contributed by atoms with Crippen molar-refractivity contribution >= 4 is 0 Å². The van der Waals surface area contributed by atoms with E-state index in [0.29, 0.717) is 6.04 Å². The molecular weight excluding hydrogens is 198 g/mol. The van der Waals surface area contributed by atoms with Crippen LogP contribution in [0.2, 0.25) is 0 Å². The lowest BCUT2D eigenvalue weighted by Gasteiger charge is -2.34. The first kappa shape index (κ1) is 11.6. The third-order valence-corrected chi connectivity index (χ3v) is 3.32. The van der Waals surface area contributed by atoms with Crippen LogP contribution in [0.4, 0.5) is 0 Å². The first-order chi connectivity index (χ1) is 7.56. The number of benzene rings is 1. The molecule has 2 nitrogen and oxygen atoms in total. The van der Waals surface area contributed by atoms with Gasteiger partial charge in [-0.25, -0.2) is 0 Å². The summed E-state index contributed by atoms with van der Waals surface area (Å²) in [6, 6.07) is 7.10. The molecule has 0 radical (unpaired) electrons. The minimum Gasteiger partial charge on any atom is -0.368 e. The molecule has 2 heteroatoms. The summed E-state index contributed by atoms with van der Waals surface area (Å²) in [4.78, 5) is 0. The maximum atomic E-state index is 6.03. The van der Waals surface area contributed by atoms with Crippen molar-refractivity contribution in [1.82, 2.24) is 5.32 Å². The van der Waals surface area contributed by atoms with Crippen LogP contribution in [0.1, 0.15) is 36.6 Å². The van der Waals surface area contributed by atoms with Crippen molar-refractivity contribution in [3.05, 3.63) is 34.9 Å². The standard InChI is InChI=1S/C14H21NO/c1-9-5-10(2)7-13(6-9)14-8-15-11(3)12(4)16-14/h5-7,11-12,14-15H,8H2,1-4H3. The minimum absolute atomic E-state index is 0.199. The zero-order chi connectivity index (χ0) is 11.7. The molecule has 2 rings (SSSR count). The third kappa shape index (κ3) is 2.45. The molecule has 1 aromatic rings. The van der Waals surface area contributed by atoms with E-state index in [4.69, 9.17) is 4.74 Å². The summed E-state index contributed by atoms with van der Waals surface area (Å²) < 4.78 is 6.03. The van der Waals surface area contributed by atoms with Crippen LogP contribution in [0.5, 0.6) is 0 Å². The largest absolute Gasteiger partial charge is 0.368 e. The Morgan fingerprint density at radius 3 is 2.31 bits per heavy atom. The average Bonchev–Trinajstić information content (AvgIpc) is 2.20. The lowest BCUT2D eigenvalue weighted by Crippen LogP contribution is -2.46. The van der Waals surface area contributed by atoms with E-state index < -0.39 is 0 Å². The lowest BCUT2D eigenvalue weighted by atomic mass is 10.0. The molecule has 1 aromatic carbocycles. The second-order valence-corrected chi connectivity index (χ2v) is 4.95. The molecule has 3 atom stereocenters. The van der Waals surface area contributed by atoms with Crippen molar-refractivity contribution in [3.8, 4) is 0 Å². The van der Waals surface area contributed by atoms with Gasteiger partial charge in [0.25, 0.3) is 0 Å². The summed E-state index contributed by atoms with van der Waals surface area (Å²) in [5.41, 5.74) is 3.92. The smallest absolute Gasteiger partial charge is 0.0953 e. The van der Waals surface area contributed by atoms with E-state index >= 15 is 0 Å². The van der Waals surface area contributed by atoms with Crippen molar-refractivity contribution in [1.29, 1.82) is 0 Å². The van der Waals surface area contributed by atoms with E-state index in [2.05, 4.69) is 51.2 Å². The molecule has 88 valence electrons. The predicted octanol–water partition coefficient (Wildman–Crippen LogP) is 2.74. The fourth-order valence-corrected chi connectivity index (χ4v) is 2.28. The number of hydrogen-bond acceptors (Lipinski definition) is 2. The molecule has 3 unspecified atom stereocenters. The highest BCUT2D eigenvalue weighted by Crippen LogP contribution is 2.25. The summed E-state index contributed by atoms with van der Waals surface area (Å²) in [6.45, 7) is 9.49. The number of nitrogens with one attached hydrogen (secondary N) is 1. The minimum atomic E-state index is 0.199. The first-order valence-electron chi connectivity index (χ1n) is 6.03. The summed E-state index contributed by atoms with van der Waals surface area (Å²) in [7, 11) is 0. The summed E-state index contributed by atoms with van der Waals surface area (Å²) in [5.74, 6) is 0. The van der Waals surface area contributed by atoms with Gasteiger partial charge in [0.1, 0.15) is 0 Å². The van der Waals surface area contributed by atoms with Gasteiger partial charge in [0.15, 0.2) is 0 Å². The van der Waals surface area contributed by atoms with E-state index in [-0.39, 0.29) is 12.2 Å². The highest BCUT2D eigenvalue weighted by molar-refractivity contribution is 5.30. The van der Waals surface area contributed by atoms with Gasteiger partial charge in [0.2, 0.25) is 0 Å². The van der Waals surface area contributed by atoms with Crippen LogP contribution in [0.3, 0.4) is 0 Å². The summed E-state index contributed by atoms with van der Waals surface area (Å²) in [6.07, 6.45) is 0.476.